The second-order valence-corrected chi connectivity index (χ2v) is 11.0. The van der Waals surface area contributed by atoms with Crippen molar-refractivity contribution in [1.82, 2.24) is 14.9 Å². The first-order valence-corrected chi connectivity index (χ1v) is 14.2. The molecule has 2 N–H and O–H groups in total. The van der Waals surface area contributed by atoms with Gasteiger partial charge >= 0.3 is 5.97 Å². The summed E-state index contributed by atoms with van der Waals surface area (Å²) in [7, 11) is 2.16. The molecule has 2 aliphatic heterocycles. The van der Waals surface area contributed by atoms with Crippen molar-refractivity contribution in [2.45, 2.75) is 19.4 Å². The number of rotatable bonds is 8. The van der Waals surface area contributed by atoms with Crippen LogP contribution in [0.1, 0.15) is 11.1 Å². The van der Waals surface area contributed by atoms with Crippen LogP contribution in [0.4, 0.5) is 11.4 Å². The third-order valence-electron chi connectivity index (χ3n) is 7.96. The monoisotopic (exact) mass is 565 g/mol. The number of pyridine rings is 1. The van der Waals surface area contributed by atoms with Gasteiger partial charge in [0.1, 0.15) is 11.8 Å². The number of aromatic nitrogens is 2. The molecule has 4 aromatic rings. The molecular formula is C33H35N5O4. The standard InChI is InChI=1S/C33H35N5O4/c1-4-29(39)35-28-17-24(6-5-21(28)2)31-27-15-22(16-30(40)42-26-19-41-20-26)18-34-33(27)36-32(31)23-7-9-25(10-8-23)38-13-11-37(3)12-14-38/h4-10,15,17-18,26H,1,11-14,16,19-20H2,2-3H3,(H,34,36)(H,35,39). The van der Waals surface area contributed by atoms with Gasteiger partial charge in [-0.05, 0) is 66.6 Å². The maximum absolute atomic E-state index is 12.6. The Hall–Kier alpha value is -4.47. The van der Waals surface area contributed by atoms with Gasteiger partial charge in [0, 0.05) is 54.7 Å². The highest BCUT2D eigenvalue weighted by Gasteiger charge is 2.24. The third-order valence-corrected chi connectivity index (χ3v) is 7.96. The number of nitrogens with one attached hydrogen (secondary N) is 2. The molecule has 0 saturated carbocycles. The zero-order valence-electron chi connectivity index (χ0n) is 24.0. The number of hydrogen-bond acceptors (Lipinski definition) is 7. The Kier molecular flexibility index (Phi) is 7.78. The Morgan fingerprint density at radius 2 is 1.83 bits per heavy atom. The van der Waals surface area contributed by atoms with Gasteiger partial charge in [-0.2, -0.15) is 0 Å². The lowest BCUT2D eigenvalue weighted by molar-refractivity contribution is -0.171. The molecule has 2 aromatic heterocycles. The number of hydrogen-bond donors (Lipinski definition) is 2. The number of likely N-dealkylation sites (N-methyl/N-ethyl adjacent to an activating group) is 1. The van der Waals surface area contributed by atoms with Crippen molar-refractivity contribution in [3.05, 3.63) is 78.5 Å². The lowest BCUT2D eigenvalue weighted by Gasteiger charge is -2.34. The van der Waals surface area contributed by atoms with Crippen LogP contribution in [0, 0.1) is 6.92 Å². The van der Waals surface area contributed by atoms with Gasteiger partial charge in [-0.25, -0.2) is 4.98 Å². The van der Waals surface area contributed by atoms with Crippen LogP contribution < -0.4 is 10.2 Å². The SMILES string of the molecule is C=CC(=O)Nc1cc(-c2c(-c3ccc(N4CCN(C)CC4)cc3)[nH]c3ncc(CC(=O)OC4COC4)cc23)ccc1C. The molecule has 0 spiro atoms. The zero-order valence-corrected chi connectivity index (χ0v) is 24.0. The smallest absolute Gasteiger partial charge is 0.310 e. The molecule has 2 fully saturated rings. The van der Waals surface area contributed by atoms with Crippen LogP contribution >= 0.6 is 0 Å². The van der Waals surface area contributed by atoms with Crippen molar-refractivity contribution >= 4 is 34.3 Å². The van der Waals surface area contributed by atoms with E-state index in [0.717, 1.165) is 65.1 Å². The Morgan fingerprint density at radius 3 is 2.52 bits per heavy atom. The summed E-state index contributed by atoms with van der Waals surface area (Å²) in [6, 6.07) is 16.6. The Bertz CT molecular complexity index is 1630. The Morgan fingerprint density at radius 1 is 1.10 bits per heavy atom. The van der Waals surface area contributed by atoms with E-state index >= 15 is 0 Å². The summed E-state index contributed by atoms with van der Waals surface area (Å²) in [5.41, 5.74) is 8.11. The van der Waals surface area contributed by atoms with Crippen LogP contribution in [-0.2, 0) is 25.5 Å². The van der Waals surface area contributed by atoms with E-state index in [0.29, 0.717) is 24.5 Å². The molecule has 9 nitrogen and oxygen atoms in total. The van der Waals surface area contributed by atoms with E-state index in [1.807, 2.05) is 31.2 Å². The number of esters is 1. The molecule has 1 amide bonds. The summed E-state index contributed by atoms with van der Waals surface area (Å²) in [5, 5.41) is 3.80. The highest BCUT2D eigenvalue weighted by molar-refractivity contribution is 6.05. The lowest BCUT2D eigenvalue weighted by atomic mass is 9.96. The number of anilines is 2. The van der Waals surface area contributed by atoms with E-state index in [4.69, 9.17) is 14.5 Å². The van der Waals surface area contributed by atoms with Crippen molar-refractivity contribution < 1.29 is 19.1 Å². The Balaban J connectivity index is 1.40. The van der Waals surface area contributed by atoms with E-state index in [1.54, 1.807) is 6.20 Å². The zero-order chi connectivity index (χ0) is 29.2. The number of aryl methyl sites for hydroxylation is 1. The number of H-pyrrole nitrogens is 1. The molecule has 2 aromatic carbocycles. The largest absolute Gasteiger partial charge is 0.457 e. The number of nitrogens with zero attached hydrogens (tertiary/aromatic N) is 3. The maximum atomic E-state index is 12.6. The quantitative estimate of drug-likeness (QED) is 0.239. The van der Waals surface area contributed by atoms with Crippen molar-refractivity contribution in [2.75, 3.05) is 56.7 Å². The fraction of sp³-hybridized carbons (Fsp3) is 0.303. The molecule has 4 heterocycles. The number of aromatic amines is 1. The van der Waals surface area contributed by atoms with E-state index in [1.165, 1.54) is 11.8 Å². The van der Waals surface area contributed by atoms with Crippen molar-refractivity contribution in [3.8, 4) is 22.4 Å². The molecular weight excluding hydrogens is 530 g/mol. The minimum absolute atomic E-state index is 0.119. The second-order valence-electron chi connectivity index (χ2n) is 11.0. The van der Waals surface area contributed by atoms with Gasteiger partial charge < -0.3 is 29.6 Å². The highest BCUT2D eigenvalue weighted by atomic mass is 16.6. The van der Waals surface area contributed by atoms with Gasteiger partial charge in [0.15, 0.2) is 0 Å². The fourth-order valence-electron chi connectivity index (χ4n) is 5.40. The Labute approximate surface area is 245 Å². The average Bonchev–Trinajstić information content (AvgIpc) is 3.35. The molecule has 2 saturated heterocycles. The molecule has 9 heteroatoms. The van der Waals surface area contributed by atoms with Gasteiger partial charge in [-0.15, -0.1) is 0 Å². The number of ether oxygens (including phenoxy) is 2. The minimum Gasteiger partial charge on any atom is -0.457 e. The molecule has 0 bridgehead atoms. The van der Waals surface area contributed by atoms with E-state index < -0.39 is 0 Å². The van der Waals surface area contributed by atoms with Gasteiger partial charge in [-0.1, -0.05) is 30.8 Å². The number of fused-ring (bicyclic) bond motifs is 1. The number of benzene rings is 2. The molecule has 0 radical (unpaired) electrons. The summed E-state index contributed by atoms with van der Waals surface area (Å²) in [4.78, 5) is 37.7. The van der Waals surface area contributed by atoms with Gasteiger partial charge in [0.25, 0.3) is 0 Å². The van der Waals surface area contributed by atoms with Crippen LogP contribution in [0.5, 0.6) is 0 Å². The molecule has 0 unspecified atom stereocenters. The molecule has 0 aliphatic carbocycles. The summed E-state index contributed by atoms with van der Waals surface area (Å²) in [6.07, 6.45) is 2.92. The summed E-state index contributed by atoms with van der Waals surface area (Å²) < 4.78 is 10.6. The van der Waals surface area contributed by atoms with Crippen LogP contribution in [0.15, 0.2) is 67.4 Å². The van der Waals surface area contributed by atoms with Gasteiger partial charge in [0.2, 0.25) is 5.91 Å². The number of carbonyl (C=O) groups is 2. The number of carbonyl (C=O) groups excluding carboxylic acids is 2. The van der Waals surface area contributed by atoms with Crippen LogP contribution in [0.2, 0.25) is 0 Å². The van der Waals surface area contributed by atoms with Crippen LogP contribution in [-0.4, -0.2) is 79.3 Å². The van der Waals surface area contributed by atoms with Gasteiger partial charge in [0.05, 0.1) is 25.3 Å². The van der Waals surface area contributed by atoms with Crippen LogP contribution in [0.3, 0.4) is 0 Å². The first-order valence-electron chi connectivity index (χ1n) is 14.2. The first kappa shape index (κ1) is 27.7. The average molecular weight is 566 g/mol. The summed E-state index contributed by atoms with van der Waals surface area (Å²) >= 11 is 0. The summed E-state index contributed by atoms with van der Waals surface area (Å²) in [5.74, 6) is -0.570. The molecule has 42 heavy (non-hydrogen) atoms. The second kappa shape index (κ2) is 11.8. The molecule has 2 aliphatic rings. The van der Waals surface area contributed by atoms with Crippen LogP contribution in [0.25, 0.3) is 33.4 Å². The topological polar surface area (TPSA) is 99.8 Å². The predicted molar refractivity (Wildman–Crippen MR) is 165 cm³/mol. The minimum atomic E-state index is -0.300. The molecule has 216 valence electrons. The predicted octanol–water partition coefficient (Wildman–Crippen LogP) is 4.57. The van der Waals surface area contributed by atoms with Crippen molar-refractivity contribution in [3.63, 3.8) is 0 Å². The number of amides is 1. The van der Waals surface area contributed by atoms with Crippen molar-refractivity contribution in [2.24, 2.45) is 0 Å². The maximum Gasteiger partial charge on any atom is 0.310 e. The molecule has 6 rings (SSSR count). The molecule has 0 atom stereocenters. The fourth-order valence-corrected chi connectivity index (χ4v) is 5.40. The lowest BCUT2D eigenvalue weighted by Crippen LogP contribution is -2.44. The number of piperazine rings is 1. The van der Waals surface area contributed by atoms with E-state index in [-0.39, 0.29) is 24.4 Å². The third kappa shape index (κ3) is 5.79. The van der Waals surface area contributed by atoms with Gasteiger partial charge in [-0.3, -0.25) is 9.59 Å². The highest BCUT2D eigenvalue weighted by Crippen LogP contribution is 2.40. The normalized spacial score (nSPS) is 15.8. The van der Waals surface area contributed by atoms with E-state index in [2.05, 4.69) is 58.0 Å². The summed E-state index contributed by atoms with van der Waals surface area (Å²) in [6.45, 7) is 10.5. The van der Waals surface area contributed by atoms with Crippen molar-refractivity contribution in [1.29, 1.82) is 0 Å². The first-order chi connectivity index (χ1) is 20.4. The van der Waals surface area contributed by atoms with E-state index in [9.17, 15) is 9.59 Å².